The van der Waals surface area contributed by atoms with Crippen LogP contribution in [0.2, 0.25) is 0 Å². The van der Waals surface area contributed by atoms with Gasteiger partial charge >= 0.3 is 5.97 Å². The molecule has 21 heavy (non-hydrogen) atoms. The molecule has 0 aliphatic carbocycles. The molecule has 0 unspecified atom stereocenters. The normalized spacial score (nSPS) is 11.4. The van der Waals surface area contributed by atoms with Crippen molar-refractivity contribution >= 4 is 33.2 Å². The van der Waals surface area contributed by atoms with E-state index in [-0.39, 0.29) is 28.8 Å². The first-order valence-electron chi connectivity index (χ1n) is 6.22. The van der Waals surface area contributed by atoms with E-state index in [1.807, 2.05) is 0 Å². The van der Waals surface area contributed by atoms with Crippen molar-refractivity contribution < 1.29 is 17.9 Å². The van der Waals surface area contributed by atoms with Crippen LogP contribution in [0.1, 0.15) is 18.4 Å². The van der Waals surface area contributed by atoms with Gasteiger partial charge in [0.05, 0.1) is 12.0 Å². The van der Waals surface area contributed by atoms with E-state index in [2.05, 4.69) is 4.74 Å². The third kappa shape index (κ3) is 4.48. The number of rotatable bonds is 7. The molecule has 0 saturated carbocycles. The summed E-state index contributed by atoms with van der Waals surface area (Å²) in [6.45, 7) is 0.198. The zero-order valence-electron chi connectivity index (χ0n) is 11.9. The second-order valence-electron chi connectivity index (χ2n) is 4.37. The molecular weight excluding hydrogens is 312 g/mol. The first-order valence-corrected chi connectivity index (χ1v) is 8.07. The van der Waals surface area contributed by atoms with Crippen LogP contribution in [0.4, 0.5) is 0 Å². The molecule has 0 radical (unpaired) electrons. The van der Waals surface area contributed by atoms with Crippen LogP contribution in [-0.2, 0) is 19.6 Å². The molecule has 0 saturated heterocycles. The number of esters is 1. The minimum atomic E-state index is -3.71. The van der Waals surface area contributed by atoms with Gasteiger partial charge in [-0.25, -0.2) is 12.7 Å². The van der Waals surface area contributed by atoms with Crippen molar-refractivity contribution in [2.45, 2.75) is 17.7 Å². The van der Waals surface area contributed by atoms with E-state index >= 15 is 0 Å². The number of methoxy groups -OCH3 is 1. The highest BCUT2D eigenvalue weighted by Gasteiger charge is 2.24. The molecule has 1 rings (SSSR count). The maximum Gasteiger partial charge on any atom is 0.305 e. The zero-order chi connectivity index (χ0) is 16.0. The molecular formula is C13H18N2O4S2. The molecule has 116 valence electrons. The first-order chi connectivity index (χ1) is 9.80. The van der Waals surface area contributed by atoms with Crippen molar-refractivity contribution in [3.8, 4) is 0 Å². The van der Waals surface area contributed by atoms with E-state index in [0.29, 0.717) is 12.0 Å². The van der Waals surface area contributed by atoms with Gasteiger partial charge in [-0.05, 0) is 12.5 Å². The first kappa shape index (κ1) is 17.5. The van der Waals surface area contributed by atoms with Gasteiger partial charge in [-0.15, -0.1) is 0 Å². The summed E-state index contributed by atoms with van der Waals surface area (Å²) >= 11 is 4.88. The van der Waals surface area contributed by atoms with E-state index in [0.717, 1.165) is 0 Å². The fraction of sp³-hybridized carbons (Fsp3) is 0.385. The minimum absolute atomic E-state index is 0.0251. The maximum atomic E-state index is 12.5. The Hall–Kier alpha value is -1.51. The molecule has 0 atom stereocenters. The Bertz CT molecular complexity index is 629. The molecule has 2 N–H and O–H groups in total. The second-order valence-corrected chi connectivity index (χ2v) is 6.82. The predicted molar refractivity (Wildman–Crippen MR) is 83.4 cm³/mol. The lowest BCUT2D eigenvalue weighted by Gasteiger charge is -2.18. The molecule has 0 aromatic heterocycles. The summed E-state index contributed by atoms with van der Waals surface area (Å²) in [5, 5.41) is 0. The third-order valence-electron chi connectivity index (χ3n) is 2.92. The van der Waals surface area contributed by atoms with Crippen molar-refractivity contribution in [2.24, 2.45) is 5.73 Å². The van der Waals surface area contributed by atoms with Crippen molar-refractivity contribution in [2.75, 3.05) is 20.7 Å². The van der Waals surface area contributed by atoms with E-state index in [1.165, 1.54) is 24.5 Å². The molecule has 1 aromatic carbocycles. The number of carbonyl (C=O) groups excluding carboxylic acids is 1. The molecule has 0 bridgehead atoms. The molecule has 0 aliphatic rings. The molecule has 0 aliphatic heterocycles. The van der Waals surface area contributed by atoms with Crippen LogP contribution in [0, 0.1) is 0 Å². The van der Waals surface area contributed by atoms with E-state index < -0.39 is 10.0 Å². The Morgan fingerprint density at radius 2 is 2.00 bits per heavy atom. The Balaban J connectivity index is 2.90. The Morgan fingerprint density at radius 3 is 2.57 bits per heavy atom. The van der Waals surface area contributed by atoms with Gasteiger partial charge in [-0.2, -0.15) is 0 Å². The van der Waals surface area contributed by atoms with Crippen LogP contribution in [0.3, 0.4) is 0 Å². The summed E-state index contributed by atoms with van der Waals surface area (Å²) in [6, 6.07) is 6.31. The molecule has 0 heterocycles. The summed E-state index contributed by atoms with van der Waals surface area (Å²) in [4.78, 5) is 11.1. The van der Waals surface area contributed by atoms with Crippen molar-refractivity contribution in [1.82, 2.24) is 4.31 Å². The van der Waals surface area contributed by atoms with Gasteiger partial charge in [-0.3, -0.25) is 4.79 Å². The van der Waals surface area contributed by atoms with Crippen LogP contribution < -0.4 is 5.73 Å². The lowest BCUT2D eigenvalue weighted by atomic mass is 10.2. The van der Waals surface area contributed by atoms with Crippen LogP contribution in [0.25, 0.3) is 0 Å². The van der Waals surface area contributed by atoms with Crippen LogP contribution in [0.15, 0.2) is 29.2 Å². The fourth-order valence-corrected chi connectivity index (χ4v) is 3.39. The molecule has 6 nitrogen and oxygen atoms in total. The summed E-state index contributed by atoms with van der Waals surface area (Å²) in [5.41, 5.74) is 5.87. The topological polar surface area (TPSA) is 89.7 Å². The van der Waals surface area contributed by atoms with Gasteiger partial charge < -0.3 is 10.5 Å². The third-order valence-corrected chi connectivity index (χ3v) is 5.06. The quantitative estimate of drug-likeness (QED) is 0.590. The number of nitrogens with zero attached hydrogens (tertiary/aromatic N) is 1. The van der Waals surface area contributed by atoms with Crippen LogP contribution in [0.5, 0.6) is 0 Å². The number of ether oxygens (including phenoxy) is 1. The number of hydrogen-bond acceptors (Lipinski definition) is 5. The number of hydrogen-bond donors (Lipinski definition) is 1. The molecule has 8 heteroatoms. The highest BCUT2D eigenvalue weighted by molar-refractivity contribution is 7.89. The maximum absolute atomic E-state index is 12.5. The summed E-state index contributed by atoms with van der Waals surface area (Å²) in [5.74, 6) is -0.371. The van der Waals surface area contributed by atoms with Crippen LogP contribution in [-0.4, -0.2) is 44.4 Å². The monoisotopic (exact) mass is 330 g/mol. The average Bonchev–Trinajstić information content (AvgIpc) is 2.46. The Morgan fingerprint density at radius 1 is 1.38 bits per heavy atom. The van der Waals surface area contributed by atoms with Gasteiger partial charge in [0.2, 0.25) is 10.0 Å². The highest BCUT2D eigenvalue weighted by Crippen LogP contribution is 2.19. The van der Waals surface area contributed by atoms with Gasteiger partial charge in [0, 0.05) is 25.6 Å². The van der Waals surface area contributed by atoms with Crippen molar-refractivity contribution in [3.05, 3.63) is 29.8 Å². The zero-order valence-corrected chi connectivity index (χ0v) is 13.5. The summed E-state index contributed by atoms with van der Waals surface area (Å²) in [6.07, 6.45) is 0.533. The van der Waals surface area contributed by atoms with E-state index in [4.69, 9.17) is 18.0 Å². The summed E-state index contributed by atoms with van der Waals surface area (Å²) < 4.78 is 30.7. The number of thiocarbonyl (C=S) groups is 1. The SMILES string of the molecule is COC(=O)CCCN(C)S(=O)(=O)c1ccccc1C(N)=S. The smallest absolute Gasteiger partial charge is 0.305 e. The standard InChI is InChI=1S/C13H18N2O4S2/c1-15(9-5-8-12(16)19-2)21(17,18)11-7-4-3-6-10(11)13(14)20/h3-4,6-7H,5,8-9H2,1-2H3,(H2,14,20). The average molecular weight is 330 g/mol. The molecule has 0 fully saturated rings. The van der Waals surface area contributed by atoms with Gasteiger partial charge in [0.1, 0.15) is 4.99 Å². The largest absolute Gasteiger partial charge is 0.469 e. The Labute approximate surface area is 129 Å². The number of sulfonamides is 1. The fourth-order valence-electron chi connectivity index (χ4n) is 1.73. The Kier molecular flexibility index (Phi) is 6.25. The molecule has 1 aromatic rings. The van der Waals surface area contributed by atoms with Gasteiger partial charge in [-0.1, -0.05) is 30.4 Å². The van der Waals surface area contributed by atoms with Crippen LogP contribution >= 0.6 is 12.2 Å². The van der Waals surface area contributed by atoms with Gasteiger partial charge in [0.25, 0.3) is 0 Å². The van der Waals surface area contributed by atoms with E-state index in [9.17, 15) is 13.2 Å². The minimum Gasteiger partial charge on any atom is -0.469 e. The van der Waals surface area contributed by atoms with Gasteiger partial charge in [0.15, 0.2) is 0 Å². The van der Waals surface area contributed by atoms with Crippen molar-refractivity contribution in [1.29, 1.82) is 0 Å². The highest BCUT2D eigenvalue weighted by atomic mass is 32.2. The summed E-state index contributed by atoms with van der Waals surface area (Å²) in [7, 11) is -0.965. The molecule has 0 spiro atoms. The molecule has 0 amide bonds. The van der Waals surface area contributed by atoms with Crippen molar-refractivity contribution in [3.63, 3.8) is 0 Å². The number of nitrogens with two attached hydrogens (primary N) is 1. The lowest BCUT2D eigenvalue weighted by molar-refractivity contribution is -0.140. The lowest BCUT2D eigenvalue weighted by Crippen LogP contribution is -2.30. The van der Waals surface area contributed by atoms with E-state index in [1.54, 1.807) is 18.2 Å². The second kappa shape index (κ2) is 7.48. The number of carbonyl (C=O) groups is 1. The predicted octanol–water partition coefficient (Wildman–Crippen LogP) is 0.894. The number of benzene rings is 1.